The number of halogens is 2. The Labute approximate surface area is 644 Å². The summed E-state index contributed by atoms with van der Waals surface area (Å²) in [7, 11) is 0. The van der Waals surface area contributed by atoms with Crippen LogP contribution in [0.25, 0.3) is 40.9 Å². The quantitative estimate of drug-likeness (QED) is 0.0667. The minimum absolute atomic E-state index is 0.00368. The van der Waals surface area contributed by atoms with Gasteiger partial charge in [-0.25, -0.2) is 19.9 Å². The van der Waals surface area contributed by atoms with Gasteiger partial charge in [-0.05, 0) is 109 Å². The Morgan fingerprint density at radius 3 is 1.19 bits per heavy atom. The van der Waals surface area contributed by atoms with Gasteiger partial charge in [0.15, 0.2) is 26.4 Å². The monoisotopic (exact) mass is 1680 g/mol. The van der Waals surface area contributed by atoms with E-state index < -0.39 is 45.9 Å². The van der Waals surface area contributed by atoms with Gasteiger partial charge < -0.3 is 81.4 Å². The summed E-state index contributed by atoms with van der Waals surface area (Å²) in [6, 6.07) is 29.6. The molecule has 16 rings (SSSR count). The second kappa shape index (κ2) is 32.1. The Bertz CT molecular complexity index is 6300. The molecular weight excluding hydrogens is 1640 g/mol. The number of anilines is 4. The number of benzene rings is 4. The third kappa shape index (κ3) is 16.4. The van der Waals surface area contributed by atoms with Crippen LogP contribution in [0, 0.1) is 45.3 Å². The summed E-state index contributed by atoms with van der Waals surface area (Å²) in [5.74, 6) is -1.55. The molecule has 0 saturated carbocycles. The van der Waals surface area contributed by atoms with E-state index in [2.05, 4.69) is 114 Å². The van der Waals surface area contributed by atoms with Crippen molar-refractivity contribution in [2.75, 3.05) is 47.7 Å². The summed E-state index contributed by atoms with van der Waals surface area (Å²) in [6.07, 6.45) is 0. The van der Waals surface area contributed by atoms with Crippen molar-refractivity contribution < 1.29 is 57.3 Å². The average Bonchev–Trinajstić information content (AvgIpc) is 1.66. The van der Waals surface area contributed by atoms with Gasteiger partial charge in [-0.1, -0.05) is 24.3 Å². The van der Waals surface area contributed by atoms with Crippen molar-refractivity contribution >= 4 is 188 Å². The van der Waals surface area contributed by atoms with Gasteiger partial charge in [0.05, 0.1) is 63.7 Å². The molecule has 548 valence electrons. The largest absolute Gasteiger partial charge is 0.482 e. The maximum absolute atomic E-state index is 12.4. The Kier molecular flexibility index (Phi) is 21.7. The molecule has 36 nitrogen and oxygen atoms in total. The van der Waals surface area contributed by atoms with Gasteiger partial charge in [0.25, 0.3) is 69.5 Å². The first-order valence-corrected chi connectivity index (χ1v) is 36.4. The number of H-pyrrole nitrogens is 4. The van der Waals surface area contributed by atoms with E-state index in [1.165, 1.54) is 22.8 Å². The van der Waals surface area contributed by atoms with Crippen molar-refractivity contribution in [3.05, 3.63) is 200 Å². The van der Waals surface area contributed by atoms with Crippen LogP contribution in [0.3, 0.4) is 0 Å². The number of fused-ring (bicyclic) bond motifs is 8. The van der Waals surface area contributed by atoms with E-state index in [1.807, 2.05) is 24.3 Å². The first-order chi connectivity index (χ1) is 53.0. The molecule has 42 heteroatoms. The molecule has 0 atom stereocenters. The van der Waals surface area contributed by atoms with E-state index in [9.17, 15) is 57.5 Å². The number of nitrogens with one attached hydrogen (secondary N) is 12. The fourth-order valence-corrected chi connectivity index (χ4v) is 15.4. The van der Waals surface area contributed by atoms with Gasteiger partial charge in [-0.3, -0.25) is 57.5 Å². The van der Waals surface area contributed by atoms with E-state index in [4.69, 9.17) is 40.0 Å². The SMILES string of the molecule is N#Cc1cc2c(=O)[nH]c(C(=O)NCc3ccc4c(c3)NC(=O)CO4)nc2s1.N#Cc1csc2nc(C(=O)NCc3ccc4c(c3)NC(=O)CO4)[nH]c(=O)c12.N#Cc1sc2nc(C(=O)NCc3ccc4c(c3)NC(=O)CO4)[nH]c(=O)c2c1C#N.O=C1COc2ccc(CNC(=O)c3nc4sc(Br)c(Br)c4c(=O)[nH]3)cc2N1. The number of nitriles is 4. The molecule has 0 aliphatic carbocycles. The Morgan fingerprint density at radius 1 is 0.427 bits per heavy atom. The normalized spacial score (nSPS) is 12.6. The van der Waals surface area contributed by atoms with E-state index in [0.717, 1.165) is 54.5 Å². The fourth-order valence-electron chi connectivity index (χ4n) is 10.6. The van der Waals surface area contributed by atoms with Crippen molar-refractivity contribution in [1.29, 1.82) is 21.0 Å². The van der Waals surface area contributed by atoms with Crippen molar-refractivity contribution in [2.45, 2.75) is 26.2 Å². The van der Waals surface area contributed by atoms with Crippen molar-refractivity contribution in [3.63, 3.8) is 0 Å². The minimum Gasteiger partial charge on any atom is -0.482 e. The number of amides is 8. The van der Waals surface area contributed by atoms with Crippen molar-refractivity contribution in [3.8, 4) is 47.3 Å². The summed E-state index contributed by atoms with van der Waals surface area (Å²) in [5.41, 5.74) is 3.18. The molecule has 8 aromatic heterocycles. The predicted molar refractivity (Wildman–Crippen MR) is 402 cm³/mol. The molecule has 12 aromatic rings. The molecule has 0 bridgehead atoms. The van der Waals surface area contributed by atoms with Crippen LogP contribution in [-0.4, -0.2) is 114 Å². The van der Waals surface area contributed by atoms with Crippen molar-refractivity contribution in [1.82, 2.24) is 61.1 Å². The summed E-state index contributed by atoms with van der Waals surface area (Å²) in [6.45, 7) is 0.521. The minimum atomic E-state index is -0.664. The molecule has 8 amide bonds. The third-order valence-electron chi connectivity index (χ3n) is 15.7. The first kappa shape index (κ1) is 74.4. The topological polar surface area (TPSA) is 548 Å². The van der Waals surface area contributed by atoms with Crippen LogP contribution in [0.5, 0.6) is 23.0 Å². The van der Waals surface area contributed by atoms with Crippen LogP contribution >= 0.6 is 77.2 Å². The zero-order valence-electron chi connectivity index (χ0n) is 55.2. The highest BCUT2D eigenvalue weighted by molar-refractivity contribution is 9.13. The number of aromatic amines is 4. The number of thiophene rings is 4. The molecule has 0 saturated heterocycles. The first-order valence-electron chi connectivity index (χ1n) is 31.5. The van der Waals surface area contributed by atoms with E-state index >= 15 is 0 Å². The third-order valence-corrected chi connectivity index (χ3v) is 21.8. The maximum Gasteiger partial charge on any atom is 0.287 e. The molecule has 0 spiro atoms. The van der Waals surface area contributed by atoms with Gasteiger partial charge >= 0.3 is 0 Å². The summed E-state index contributed by atoms with van der Waals surface area (Å²) < 4.78 is 22.5. The number of hydrogen-bond donors (Lipinski definition) is 12. The lowest BCUT2D eigenvalue weighted by molar-refractivity contribution is -0.119. The standard InChI is InChI=1S/C18H10N6O4S.2C17H11N5O4S.C16H10Br2N4O4S/c19-4-9-12(5-20)29-18-14(9)16(26)23-15(24-18)17(27)21-6-8-1-2-11-10(3-8)22-13(25)7-28-11;18-5-9-4-10-15(24)21-14(22-17(10)27-9)16(25)19-6-8-1-2-12-11(3-8)20-13(23)7-26-12;18-4-9-7-27-17-13(9)15(24)21-14(22-17)16(25)19-5-8-1-2-11-10(3-8)20-12(23)6-26-11;17-11-10-14(24)21-13(22-16(10)27-12(11)18)15(25)19-4-6-1-2-8-7(3-6)20-9(23)5-26-8/h1-3H,6-7H2,(H,21,27)(H,22,25)(H,23,24,26);1-4H,6-7H2,(H,19,25)(H,20,23)(H,21,22,24);1-3,7H,5-6H2,(H,19,25)(H,20,23)(H,21,22,24);1-3H,4-5H2,(H,19,25)(H,20,23)(H,21,22,24). The second-order valence-electron chi connectivity index (χ2n) is 23.0. The molecular formula is C68H42Br2N20O16S4. The molecule has 12 N–H and O–H groups in total. The van der Waals surface area contributed by atoms with Crippen molar-refractivity contribution in [2.24, 2.45) is 0 Å². The van der Waals surface area contributed by atoms with Crippen LogP contribution in [0.15, 0.2) is 112 Å². The van der Waals surface area contributed by atoms with Gasteiger partial charge in [-0.15, -0.1) is 45.3 Å². The molecule has 0 fully saturated rings. The number of nitrogens with zero attached hydrogens (tertiary/aromatic N) is 8. The highest BCUT2D eigenvalue weighted by Gasteiger charge is 2.25. The number of ether oxygens (including phenoxy) is 4. The smallest absolute Gasteiger partial charge is 0.287 e. The van der Waals surface area contributed by atoms with E-state index in [-0.39, 0.29) is 137 Å². The molecule has 4 aromatic carbocycles. The Morgan fingerprint density at radius 2 is 0.800 bits per heavy atom. The Balaban J connectivity index is 0.000000129. The second-order valence-corrected chi connectivity index (χ2v) is 29.0. The number of rotatable bonds is 12. The molecule has 110 heavy (non-hydrogen) atoms. The number of carbonyl (C=O) groups is 8. The molecule has 4 aliphatic rings. The van der Waals surface area contributed by atoms with E-state index in [1.54, 1.807) is 72.8 Å². The molecule has 4 aliphatic heterocycles. The number of hydrogen-bond acceptors (Lipinski definition) is 28. The van der Waals surface area contributed by atoms with Crippen LogP contribution in [-0.2, 0) is 45.4 Å². The zero-order chi connectivity index (χ0) is 77.6. The van der Waals surface area contributed by atoms with Gasteiger partial charge in [0.1, 0.15) is 76.4 Å². The van der Waals surface area contributed by atoms with Crippen LogP contribution in [0.1, 0.15) is 85.6 Å². The van der Waals surface area contributed by atoms with Crippen LogP contribution in [0.2, 0.25) is 0 Å². The number of aromatic nitrogens is 8. The van der Waals surface area contributed by atoms with Crippen LogP contribution < -0.4 is 83.7 Å². The lowest BCUT2D eigenvalue weighted by atomic mass is 10.1. The lowest BCUT2D eigenvalue weighted by Crippen LogP contribution is -2.28. The van der Waals surface area contributed by atoms with Gasteiger partial charge in [0, 0.05) is 31.6 Å². The number of carbonyl (C=O) groups excluding carboxylic acids is 8. The van der Waals surface area contributed by atoms with E-state index in [0.29, 0.717) is 80.5 Å². The zero-order valence-corrected chi connectivity index (χ0v) is 61.7. The predicted octanol–water partition coefficient (Wildman–Crippen LogP) is 5.99. The summed E-state index contributed by atoms with van der Waals surface area (Å²) >= 11 is 11.0. The van der Waals surface area contributed by atoms with Crippen LogP contribution in [0.4, 0.5) is 22.7 Å². The molecule has 0 radical (unpaired) electrons. The highest BCUT2D eigenvalue weighted by atomic mass is 79.9. The highest BCUT2D eigenvalue weighted by Crippen LogP contribution is 2.37. The van der Waals surface area contributed by atoms with Gasteiger partial charge in [-0.2, -0.15) is 21.0 Å². The Hall–Kier alpha value is -13.9. The summed E-state index contributed by atoms with van der Waals surface area (Å²) in [5, 5.41) is 60.0. The lowest BCUT2D eigenvalue weighted by Gasteiger charge is -2.18. The van der Waals surface area contributed by atoms with Gasteiger partial charge in [0.2, 0.25) is 23.3 Å². The molecule has 0 unspecified atom stereocenters. The fraction of sp³-hybridized carbons (Fsp3) is 0.118. The average molecular weight is 1680 g/mol. The molecule has 12 heterocycles. The maximum atomic E-state index is 12.4. The summed E-state index contributed by atoms with van der Waals surface area (Å²) in [4.78, 5) is 172.